The van der Waals surface area contributed by atoms with E-state index in [9.17, 15) is 4.79 Å². The number of hydrazine groups is 1. The maximum atomic E-state index is 11.7. The molecule has 0 saturated carbocycles. The van der Waals surface area contributed by atoms with Gasteiger partial charge in [-0.2, -0.15) is 0 Å². The van der Waals surface area contributed by atoms with Gasteiger partial charge in [0.15, 0.2) is 0 Å². The van der Waals surface area contributed by atoms with Crippen LogP contribution in [0.25, 0.3) is 0 Å². The highest BCUT2D eigenvalue weighted by Crippen LogP contribution is 2.24. The largest absolute Gasteiger partial charge is 0.462 e. The second kappa shape index (κ2) is 6.40. The van der Waals surface area contributed by atoms with E-state index < -0.39 is 5.97 Å². The van der Waals surface area contributed by atoms with Crippen LogP contribution in [0, 0.1) is 0 Å². The molecular formula is C13H19N3O3. The molecule has 0 unspecified atom stereocenters. The number of hydrogen-bond donors (Lipinski definition) is 2. The summed E-state index contributed by atoms with van der Waals surface area (Å²) in [6, 6.07) is 5.29. The van der Waals surface area contributed by atoms with Crippen molar-refractivity contribution in [2.24, 2.45) is 0 Å². The number of nitrogens with zero attached hydrogens (tertiary/aromatic N) is 1. The standard InChI is InChI=1S/C13H19N3O3/c1-2-19-13(17)10-4-3-5-11(12(10)14)15-16-6-8-18-9-7-16/h3-5,15H,2,6-9,14H2,1H3. The molecule has 0 amide bonds. The Labute approximate surface area is 112 Å². The lowest BCUT2D eigenvalue weighted by molar-refractivity contribution is 0.0495. The third kappa shape index (κ3) is 3.36. The van der Waals surface area contributed by atoms with Crippen LogP contribution in [0.3, 0.4) is 0 Å². The summed E-state index contributed by atoms with van der Waals surface area (Å²) in [5.41, 5.74) is 10.7. The Kier molecular flexibility index (Phi) is 4.59. The van der Waals surface area contributed by atoms with Gasteiger partial charge in [-0.15, -0.1) is 0 Å². The number of hydrogen-bond acceptors (Lipinski definition) is 6. The Morgan fingerprint density at radius 2 is 2.21 bits per heavy atom. The van der Waals surface area contributed by atoms with Gasteiger partial charge in [-0.3, -0.25) is 0 Å². The molecular weight excluding hydrogens is 246 g/mol. The quantitative estimate of drug-likeness (QED) is 0.627. The molecule has 0 aromatic heterocycles. The number of para-hydroxylation sites is 1. The van der Waals surface area contributed by atoms with Crippen molar-refractivity contribution >= 4 is 17.3 Å². The number of benzene rings is 1. The van der Waals surface area contributed by atoms with Crippen LogP contribution in [-0.2, 0) is 9.47 Å². The van der Waals surface area contributed by atoms with Crippen molar-refractivity contribution in [2.75, 3.05) is 44.1 Å². The van der Waals surface area contributed by atoms with Crippen molar-refractivity contribution in [3.8, 4) is 0 Å². The van der Waals surface area contributed by atoms with E-state index in [4.69, 9.17) is 15.2 Å². The summed E-state index contributed by atoms with van der Waals surface area (Å²) in [4.78, 5) is 11.7. The van der Waals surface area contributed by atoms with E-state index in [0.717, 1.165) is 13.1 Å². The summed E-state index contributed by atoms with van der Waals surface area (Å²) in [6.07, 6.45) is 0. The van der Waals surface area contributed by atoms with Crippen LogP contribution < -0.4 is 11.2 Å². The third-order valence-electron chi connectivity index (χ3n) is 2.89. The second-order valence-corrected chi connectivity index (χ2v) is 4.20. The minimum Gasteiger partial charge on any atom is -0.462 e. The number of nitrogen functional groups attached to an aromatic ring is 1. The highest BCUT2D eigenvalue weighted by atomic mass is 16.5. The van der Waals surface area contributed by atoms with E-state index in [1.165, 1.54) is 0 Å². The first-order valence-electron chi connectivity index (χ1n) is 6.37. The summed E-state index contributed by atoms with van der Waals surface area (Å²) in [6.45, 7) is 5.03. The Hall–Kier alpha value is -1.79. The van der Waals surface area contributed by atoms with Crippen LogP contribution in [0.15, 0.2) is 18.2 Å². The molecule has 2 rings (SSSR count). The molecule has 1 aliphatic heterocycles. The Morgan fingerprint density at radius 3 is 2.89 bits per heavy atom. The van der Waals surface area contributed by atoms with Gasteiger partial charge in [0, 0.05) is 13.1 Å². The fourth-order valence-electron chi connectivity index (χ4n) is 1.90. The zero-order valence-electron chi connectivity index (χ0n) is 11.0. The first kappa shape index (κ1) is 13.6. The first-order chi connectivity index (χ1) is 9.22. The molecule has 6 heteroatoms. The van der Waals surface area contributed by atoms with Crippen LogP contribution in [0.2, 0.25) is 0 Å². The van der Waals surface area contributed by atoms with Gasteiger partial charge in [-0.25, -0.2) is 9.80 Å². The zero-order valence-corrected chi connectivity index (χ0v) is 11.0. The van der Waals surface area contributed by atoms with Gasteiger partial charge < -0.3 is 20.6 Å². The number of nitrogens with one attached hydrogen (secondary N) is 1. The normalized spacial score (nSPS) is 16.1. The minimum absolute atomic E-state index is 0.333. The van der Waals surface area contributed by atoms with Gasteiger partial charge >= 0.3 is 5.97 Å². The van der Waals surface area contributed by atoms with E-state index >= 15 is 0 Å². The Morgan fingerprint density at radius 1 is 1.47 bits per heavy atom. The molecule has 6 nitrogen and oxygen atoms in total. The molecule has 0 aliphatic carbocycles. The molecule has 0 bridgehead atoms. The molecule has 19 heavy (non-hydrogen) atoms. The molecule has 1 aliphatic rings. The lowest BCUT2D eigenvalue weighted by Crippen LogP contribution is -2.40. The topological polar surface area (TPSA) is 76.8 Å². The molecule has 104 valence electrons. The van der Waals surface area contributed by atoms with E-state index in [1.54, 1.807) is 19.1 Å². The number of carbonyl (C=O) groups excluding carboxylic acids is 1. The summed E-state index contributed by atoms with van der Waals surface area (Å²) in [5, 5.41) is 2.02. The predicted molar refractivity (Wildman–Crippen MR) is 72.8 cm³/mol. The zero-order chi connectivity index (χ0) is 13.7. The Balaban J connectivity index is 2.12. The fourth-order valence-corrected chi connectivity index (χ4v) is 1.90. The monoisotopic (exact) mass is 265 g/mol. The fraction of sp³-hybridized carbons (Fsp3) is 0.462. The number of rotatable bonds is 4. The van der Waals surface area contributed by atoms with E-state index in [-0.39, 0.29) is 0 Å². The number of anilines is 2. The average molecular weight is 265 g/mol. The van der Waals surface area contributed by atoms with Crippen LogP contribution in [0.4, 0.5) is 11.4 Å². The molecule has 0 spiro atoms. The lowest BCUT2D eigenvalue weighted by Gasteiger charge is -2.28. The highest BCUT2D eigenvalue weighted by molar-refractivity contribution is 5.98. The number of nitrogens with two attached hydrogens (primary N) is 1. The van der Waals surface area contributed by atoms with Gasteiger partial charge in [0.05, 0.1) is 36.8 Å². The molecule has 1 aromatic rings. The van der Waals surface area contributed by atoms with Crippen LogP contribution in [-0.4, -0.2) is 43.9 Å². The average Bonchev–Trinajstić information content (AvgIpc) is 2.42. The summed E-state index contributed by atoms with van der Waals surface area (Å²) < 4.78 is 10.2. The predicted octanol–water partition coefficient (Wildman–Crippen LogP) is 1.10. The summed E-state index contributed by atoms with van der Waals surface area (Å²) in [7, 11) is 0. The minimum atomic E-state index is -0.398. The van der Waals surface area contributed by atoms with Crippen molar-refractivity contribution in [2.45, 2.75) is 6.92 Å². The molecule has 0 atom stereocenters. The van der Waals surface area contributed by atoms with Crippen molar-refractivity contribution in [3.05, 3.63) is 23.8 Å². The van der Waals surface area contributed by atoms with Crippen LogP contribution in [0.5, 0.6) is 0 Å². The van der Waals surface area contributed by atoms with Crippen LogP contribution >= 0.6 is 0 Å². The third-order valence-corrected chi connectivity index (χ3v) is 2.89. The van der Waals surface area contributed by atoms with Gasteiger partial charge in [0.2, 0.25) is 0 Å². The van der Waals surface area contributed by atoms with Crippen LogP contribution in [0.1, 0.15) is 17.3 Å². The van der Waals surface area contributed by atoms with E-state index in [0.29, 0.717) is 36.8 Å². The molecule has 1 fully saturated rings. The molecule has 1 saturated heterocycles. The molecule has 1 heterocycles. The van der Waals surface area contributed by atoms with Gasteiger partial charge in [0.25, 0.3) is 0 Å². The molecule has 0 radical (unpaired) electrons. The van der Waals surface area contributed by atoms with Crippen molar-refractivity contribution in [3.63, 3.8) is 0 Å². The number of ether oxygens (including phenoxy) is 2. The SMILES string of the molecule is CCOC(=O)c1cccc(NN2CCOCC2)c1N. The lowest BCUT2D eigenvalue weighted by atomic mass is 10.1. The number of esters is 1. The number of morpholine rings is 1. The second-order valence-electron chi connectivity index (χ2n) is 4.20. The maximum absolute atomic E-state index is 11.7. The summed E-state index contributed by atoms with van der Waals surface area (Å²) in [5.74, 6) is -0.398. The van der Waals surface area contributed by atoms with Gasteiger partial charge in [-0.1, -0.05) is 6.07 Å². The van der Waals surface area contributed by atoms with E-state index in [1.807, 2.05) is 11.1 Å². The highest BCUT2D eigenvalue weighted by Gasteiger charge is 2.16. The van der Waals surface area contributed by atoms with Crippen molar-refractivity contribution < 1.29 is 14.3 Å². The maximum Gasteiger partial charge on any atom is 0.340 e. The molecule has 1 aromatic carbocycles. The molecule has 3 N–H and O–H groups in total. The van der Waals surface area contributed by atoms with Crippen molar-refractivity contribution in [1.82, 2.24) is 5.01 Å². The first-order valence-corrected chi connectivity index (χ1v) is 6.37. The van der Waals surface area contributed by atoms with Gasteiger partial charge in [0.1, 0.15) is 0 Å². The van der Waals surface area contributed by atoms with Crippen molar-refractivity contribution in [1.29, 1.82) is 0 Å². The smallest absolute Gasteiger partial charge is 0.340 e. The van der Waals surface area contributed by atoms with E-state index in [2.05, 4.69) is 5.43 Å². The Bertz CT molecular complexity index is 445. The summed E-state index contributed by atoms with van der Waals surface area (Å²) >= 11 is 0. The van der Waals surface area contributed by atoms with Gasteiger partial charge in [-0.05, 0) is 19.1 Å². The number of carbonyl (C=O) groups is 1.